The van der Waals surface area contributed by atoms with Crippen LogP contribution in [-0.2, 0) is 9.31 Å². The monoisotopic (exact) mass is 237 g/mol. The molecular weight excluding hydrogens is 213 g/mol. The van der Waals surface area contributed by atoms with Gasteiger partial charge in [-0.05, 0) is 46.1 Å². The molecule has 1 N–H and O–H groups in total. The van der Waals surface area contributed by atoms with E-state index in [1.54, 1.807) is 0 Å². The Bertz CT molecular complexity index is 284. The minimum absolute atomic E-state index is 0.142. The van der Waals surface area contributed by atoms with Crippen molar-refractivity contribution in [3.63, 3.8) is 0 Å². The molecule has 0 aromatic heterocycles. The van der Waals surface area contributed by atoms with Crippen molar-refractivity contribution in [1.82, 2.24) is 5.32 Å². The number of hydrogen-bond donors (Lipinski definition) is 1. The molecule has 4 heteroatoms. The highest BCUT2D eigenvalue weighted by Crippen LogP contribution is 2.39. The fourth-order valence-corrected chi connectivity index (χ4v) is 1.85. The van der Waals surface area contributed by atoms with Crippen molar-refractivity contribution in [3.8, 4) is 0 Å². The first-order valence-electron chi connectivity index (χ1n) is 6.18. The molecule has 0 aromatic rings. The molecule has 0 radical (unpaired) electrons. The van der Waals surface area contributed by atoms with E-state index in [9.17, 15) is 0 Å². The third kappa shape index (κ3) is 3.00. The molecule has 0 aliphatic carbocycles. The molecule has 2 aliphatic rings. The zero-order valence-electron chi connectivity index (χ0n) is 11.5. The molecule has 0 unspecified atom stereocenters. The lowest BCUT2D eigenvalue weighted by Gasteiger charge is -2.32. The van der Waals surface area contributed by atoms with Crippen molar-refractivity contribution in [2.24, 2.45) is 0 Å². The maximum Gasteiger partial charge on any atom is 0.490 e. The molecular formula is C13H24BNO2. The molecule has 96 valence electrons. The lowest BCUT2D eigenvalue weighted by atomic mass is 9.75. The topological polar surface area (TPSA) is 30.5 Å². The predicted molar refractivity (Wildman–Crippen MR) is 72.9 cm³/mol. The second-order valence-electron chi connectivity index (χ2n) is 5.32. The quantitative estimate of drug-likeness (QED) is 0.561. The molecule has 17 heavy (non-hydrogen) atoms. The Morgan fingerprint density at radius 3 is 2.12 bits per heavy atom. The minimum atomic E-state index is -0.219. The number of nitrogens with one attached hydrogen (secondary N) is 1. The average molecular weight is 237 g/mol. The Balaban J connectivity index is 0.000000686. The van der Waals surface area contributed by atoms with E-state index < -0.39 is 0 Å². The van der Waals surface area contributed by atoms with Crippen molar-refractivity contribution >= 4 is 7.12 Å². The van der Waals surface area contributed by atoms with E-state index >= 15 is 0 Å². The zero-order valence-corrected chi connectivity index (χ0v) is 11.5. The van der Waals surface area contributed by atoms with Crippen molar-refractivity contribution in [2.45, 2.75) is 45.3 Å². The molecule has 0 amide bonds. The van der Waals surface area contributed by atoms with E-state index in [4.69, 9.17) is 9.31 Å². The fourth-order valence-electron chi connectivity index (χ4n) is 1.85. The molecule has 0 bridgehead atoms. The molecule has 2 aliphatic heterocycles. The van der Waals surface area contributed by atoms with E-state index in [2.05, 4.69) is 52.2 Å². The average Bonchev–Trinajstić information content (AvgIpc) is 2.52. The van der Waals surface area contributed by atoms with Crippen LogP contribution in [0, 0.1) is 0 Å². The molecule has 1 fully saturated rings. The summed E-state index contributed by atoms with van der Waals surface area (Å²) in [4.78, 5) is 0. The van der Waals surface area contributed by atoms with Gasteiger partial charge in [0.05, 0.1) is 11.2 Å². The summed E-state index contributed by atoms with van der Waals surface area (Å²) in [5.74, 6) is 0. The Hall–Kier alpha value is -0.575. The number of rotatable bonds is 1. The fraction of sp³-hybridized carbons (Fsp3) is 0.692. The van der Waals surface area contributed by atoms with Gasteiger partial charge in [0, 0.05) is 6.54 Å². The van der Waals surface area contributed by atoms with Crippen LogP contribution in [0.15, 0.2) is 24.7 Å². The highest BCUT2D eigenvalue weighted by Gasteiger charge is 2.52. The van der Waals surface area contributed by atoms with Crippen molar-refractivity contribution in [3.05, 3.63) is 24.7 Å². The Kier molecular flexibility index (Phi) is 4.58. The van der Waals surface area contributed by atoms with Crippen LogP contribution in [0.2, 0.25) is 0 Å². The third-order valence-corrected chi connectivity index (χ3v) is 3.66. The molecule has 0 spiro atoms. The second-order valence-corrected chi connectivity index (χ2v) is 5.32. The standard InChI is InChI=1S/C11H20BNO2.C2H4/c1-10(2)11(3,4)15-12(14-10)9-5-7-13-8-6-9;1-2/h5,13H,6-8H2,1-4H3;1-2H2. The summed E-state index contributed by atoms with van der Waals surface area (Å²) in [5.41, 5.74) is 0.847. The summed E-state index contributed by atoms with van der Waals surface area (Å²) >= 11 is 0. The maximum absolute atomic E-state index is 5.99. The minimum Gasteiger partial charge on any atom is -0.400 e. The summed E-state index contributed by atoms with van der Waals surface area (Å²) < 4.78 is 12.0. The first kappa shape index (κ1) is 14.5. The highest BCUT2D eigenvalue weighted by molar-refractivity contribution is 6.54. The van der Waals surface area contributed by atoms with Crippen LogP contribution < -0.4 is 5.32 Å². The van der Waals surface area contributed by atoms with Gasteiger partial charge >= 0.3 is 7.12 Å². The van der Waals surface area contributed by atoms with Crippen molar-refractivity contribution in [2.75, 3.05) is 13.1 Å². The lowest BCUT2D eigenvalue weighted by molar-refractivity contribution is 0.00578. The van der Waals surface area contributed by atoms with Crippen LogP contribution in [0.5, 0.6) is 0 Å². The highest BCUT2D eigenvalue weighted by atomic mass is 16.7. The summed E-state index contributed by atoms with van der Waals surface area (Å²) in [6, 6.07) is 0. The summed E-state index contributed by atoms with van der Waals surface area (Å²) in [6.07, 6.45) is 3.21. The number of hydrogen-bond acceptors (Lipinski definition) is 3. The Labute approximate surface area is 105 Å². The van der Waals surface area contributed by atoms with E-state index in [1.165, 1.54) is 5.47 Å². The maximum atomic E-state index is 5.99. The zero-order chi connectivity index (χ0) is 13.1. The van der Waals surface area contributed by atoms with Gasteiger partial charge in [0.1, 0.15) is 0 Å². The molecule has 0 atom stereocenters. The van der Waals surface area contributed by atoms with Gasteiger partial charge in [-0.15, -0.1) is 13.2 Å². The van der Waals surface area contributed by atoms with Gasteiger partial charge in [0.15, 0.2) is 0 Å². The van der Waals surface area contributed by atoms with Crippen molar-refractivity contribution < 1.29 is 9.31 Å². The second kappa shape index (κ2) is 5.38. The molecule has 2 rings (SSSR count). The van der Waals surface area contributed by atoms with Crippen molar-refractivity contribution in [1.29, 1.82) is 0 Å². The van der Waals surface area contributed by atoms with Crippen LogP contribution in [0.1, 0.15) is 34.1 Å². The van der Waals surface area contributed by atoms with Gasteiger partial charge in [-0.25, -0.2) is 0 Å². The van der Waals surface area contributed by atoms with Crippen LogP contribution >= 0.6 is 0 Å². The van der Waals surface area contributed by atoms with Gasteiger partial charge in [-0.1, -0.05) is 6.08 Å². The van der Waals surface area contributed by atoms with Crippen LogP contribution in [0.25, 0.3) is 0 Å². The molecule has 0 saturated carbocycles. The van der Waals surface area contributed by atoms with E-state index in [-0.39, 0.29) is 18.3 Å². The molecule has 0 aromatic carbocycles. The van der Waals surface area contributed by atoms with E-state index in [0.29, 0.717) is 0 Å². The predicted octanol–water partition coefficient (Wildman–Crippen LogP) is 2.34. The van der Waals surface area contributed by atoms with Crippen LogP contribution in [0.3, 0.4) is 0 Å². The first-order chi connectivity index (χ1) is 7.92. The summed E-state index contributed by atoms with van der Waals surface area (Å²) in [7, 11) is -0.142. The van der Waals surface area contributed by atoms with E-state index in [1.807, 2.05) is 0 Å². The van der Waals surface area contributed by atoms with Crippen LogP contribution in [-0.4, -0.2) is 31.4 Å². The largest absolute Gasteiger partial charge is 0.490 e. The van der Waals surface area contributed by atoms with Gasteiger partial charge in [0.25, 0.3) is 0 Å². The van der Waals surface area contributed by atoms with Gasteiger partial charge in [-0.3, -0.25) is 0 Å². The molecule has 1 saturated heterocycles. The molecule has 2 heterocycles. The SMILES string of the molecule is C=C.CC1(C)OB(C2=CCNCC2)OC1(C)C. The van der Waals surface area contributed by atoms with Gasteiger partial charge < -0.3 is 14.6 Å². The summed E-state index contributed by atoms with van der Waals surface area (Å²) in [6.45, 7) is 16.3. The molecule has 3 nitrogen and oxygen atoms in total. The first-order valence-corrected chi connectivity index (χ1v) is 6.18. The lowest BCUT2D eigenvalue weighted by Crippen LogP contribution is -2.41. The summed E-state index contributed by atoms with van der Waals surface area (Å²) in [5, 5.41) is 3.29. The third-order valence-electron chi connectivity index (χ3n) is 3.66. The normalized spacial score (nSPS) is 25.9. The Morgan fingerprint density at radius 1 is 1.18 bits per heavy atom. The smallest absolute Gasteiger partial charge is 0.400 e. The van der Waals surface area contributed by atoms with Crippen LogP contribution in [0.4, 0.5) is 0 Å². The van der Waals surface area contributed by atoms with Gasteiger partial charge in [-0.2, -0.15) is 0 Å². The van der Waals surface area contributed by atoms with E-state index in [0.717, 1.165) is 19.5 Å². The van der Waals surface area contributed by atoms with Gasteiger partial charge in [0.2, 0.25) is 0 Å². The Morgan fingerprint density at radius 2 is 1.71 bits per heavy atom.